The van der Waals surface area contributed by atoms with Crippen molar-refractivity contribution in [3.8, 4) is 0 Å². The second-order valence-corrected chi connectivity index (χ2v) is 3.76. The molecule has 1 N–H and O–H groups in total. The second kappa shape index (κ2) is 5.07. The minimum Gasteiger partial charge on any atom is -0.381 e. The lowest BCUT2D eigenvalue weighted by Crippen LogP contribution is -2.30. The van der Waals surface area contributed by atoms with Crippen LogP contribution in [0.25, 0.3) is 0 Å². The van der Waals surface area contributed by atoms with Crippen LogP contribution in [0, 0.1) is 5.92 Å². The van der Waals surface area contributed by atoms with Crippen molar-refractivity contribution < 1.29 is 18.4 Å². The molecule has 0 spiro atoms. The van der Waals surface area contributed by atoms with Gasteiger partial charge in [0.05, 0.1) is 12.2 Å². The third kappa shape index (κ3) is 2.38. The van der Waals surface area contributed by atoms with Crippen LogP contribution in [0.15, 0.2) is 10.8 Å². The third-order valence-electron chi connectivity index (χ3n) is 2.58. The lowest BCUT2D eigenvalue weighted by atomic mass is 10.1. The van der Waals surface area contributed by atoms with E-state index in [1.165, 1.54) is 0 Å². The molecular weight excluding hydrogens is 215 g/mol. The molecule has 1 aliphatic heterocycles. The number of amides is 1. The van der Waals surface area contributed by atoms with Crippen molar-refractivity contribution >= 4 is 5.91 Å². The molecule has 0 saturated carbocycles. The molecule has 1 aromatic rings. The van der Waals surface area contributed by atoms with Crippen molar-refractivity contribution in [1.82, 2.24) is 10.5 Å². The number of nitrogens with one attached hydrogen (secondary N) is 1. The Morgan fingerprint density at radius 2 is 2.56 bits per heavy atom. The van der Waals surface area contributed by atoms with E-state index in [0.29, 0.717) is 19.1 Å². The average molecular weight is 228 g/mol. The molecule has 2 heterocycles. The molecule has 0 aromatic carbocycles. The van der Waals surface area contributed by atoms with Crippen molar-refractivity contribution in [2.75, 3.05) is 19.8 Å². The van der Waals surface area contributed by atoms with E-state index in [4.69, 9.17) is 4.74 Å². The van der Waals surface area contributed by atoms with Crippen molar-refractivity contribution in [2.45, 2.75) is 13.1 Å². The first-order chi connectivity index (χ1) is 7.81. The first-order valence-corrected chi connectivity index (χ1v) is 5.16. The van der Waals surface area contributed by atoms with Crippen LogP contribution in [-0.2, 0) is 11.4 Å². The van der Waals surface area contributed by atoms with Gasteiger partial charge in [-0.15, -0.1) is 0 Å². The maximum Gasteiger partial charge on any atom is 0.273 e. The molecule has 1 atom stereocenters. The Morgan fingerprint density at radius 3 is 3.25 bits per heavy atom. The molecular formula is C10H13FN2O3. The summed E-state index contributed by atoms with van der Waals surface area (Å²) < 4.78 is 22.2. The molecule has 6 heteroatoms. The van der Waals surface area contributed by atoms with Crippen LogP contribution >= 0.6 is 0 Å². The minimum atomic E-state index is -0.751. The van der Waals surface area contributed by atoms with Crippen LogP contribution in [0.2, 0.25) is 0 Å². The molecule has 1 fully saturated rings. The number of carbonyl (C=O) groups is 1. The van der Waals surface area contributed by atoms with Gasteiger partial charge in [0, 0.05) is 19.1 Å². The number of halogens is 1. The van der Waals surface area contributed by atoms with E-state index in [1.807, 2.05) is 0 Å². The van der Waals surface area contributed by atoms with Gasteiger partial charge in [0.25, 0.3) is 5.91 Å². The summed E-state index contributed by atoms with van der Waals surface area (Å²) >= 11 is 0. The summed E-state index contributed by atoms with van der Waals surface area (Å²) in [7, 11) is 0. The Labute approximate surface area is 91.9 Å². The molecule has 88 valence electrons. The van der Waals surface area contributed by atoms with Crippen molar-refractivity contribution in [1.29, 1.82) is 0 Å². The van der Waals surface area contributed by atoms with Gasteiger partial charge in [-0.25, -0.2) is 4.39 Å². The van der Waals surface area contributed by atoms with E-state index < -0.39 is 12.6 Å². The summed E-state index contributed by atoms with van der Waals surface area (Å²) in [6.45, 7) is 1.17. The van der Waals surface area contributed by atoms with E-state index in [1.54, 1.807) is 0 Å². The van der Waals surface area contributed by atoms with Gasteiger partial charge in [0.1, 0.15) is 12.9 Å². The Morgan fingerprint density at radius 1 is 1.69 bits per heavy atom. The third-order valence-corrected chi connectivity index (χ3v) is 2.58. The maximum atomic E-state index is 12.4. The number of hydrogen-bond acceptors (Lipinski definition) is 4. The number of aromatic nitrogens is 1. The van der Waals surface area contributed by atoms with Gasteiger partial charge >= 0.3 is 0 Å². The van der Waals surface area contributed by atoms with Crippen LogP contribution < -0.4 is 5.32 Å². The lowest BCUT2D eigenvalue weighted by molar-refractivity contribution is 0.0934. The second-order valence-electron chi connectivity index (χ2n) is 3.76. The highest BCUT2D eigenvalue weighted by molar-refractivity contribution is 5.93. The van der Waals surface area contributed by atoms with Gasteiger partial charge in [0.15, 0.2) is 5.69 Å². The van der Waals surface area contributed by atoms with Crippen LogP contribution in [0.1, 0.15) is 22.5 Å². The summed E-state index contributed by atoms with van der Waals surface area (Å²) in [4.78, 5) is 11.6. The van der Waals surface area contributed by atoms with E-state index >= 15 is 0 Å². The zero-order chi connectivity index (χ0) is 11.4. The van der Waals surface area contributed by atoms with Crippen LogP contribution in [0.4, 0.5) is 4.39 Å². The van der Waals surface area contributed by atoms with Crippen molar-refractivity contribution in [3.63, 3.8) is 0 Å². The first-order valence-electron chi connectivity index (χ1n) is 5.16. The maximum absolute atomic E-state index is 12.4. The van der Waals surface area contributed by atoms with Gasteiger partial charge in [-0.3, -0.25) is 4.79 Å². The van der Waals surface area contributed by atoms with Gasteiger partial charge in [-0.1, -0.05) is 5.16 Å². The molecule has 5 nitrogen and oxygen atoms in total. The molecule has 2 rings (SSSR count). The summed E-state index contributed by atoms with van der Waals surface area (Å²) in [5.74, 6) is -0.0574. The molecule has 1 aromatic heterocycles. The predicted octanol–water partition coefficient (Wildman–Crippen LogP) is 0.910. The quantitative estimate of drug-likeness (QED) is 0.832. The molecule has 0 aliphatic carbocycles. The zero-order valence-electron chi connectivity index (χ0n) is 8.74. The molecule has 1 saturated heterocycles. The summed E-state index contributed by atoms with van der Waals surface area (Å²) in [6.07, 6.45) is 2.09. The standard InChI is InChI=1S/C10H13FN2O3/c11-3-8-6-16-13-9(8)10(14)12-4-7-1-2-15-5-7/h6-7H,1-5H2,(H,12,14). The number of rotatable bonds is 4. The summed E-state index contributed by atoms with van der Waals surface area (Å²) in [6, 6.07) is 0. The topological polar surface area (TPSA) is 64.4 Å². The number of alkyl halides is 1. The Balaban J connectivity index is 1.87. The number of ether oxygens (including phenoxy) is 1. The van der Waals surface area contributed by atoms with Crippen molar-refractivity contribution in [3.05, 3.63) is 17.5 Å². The van der Waals surface area contributed by atoms with Gasteiger partial charge in [0.2, 0.25) is 0 Å². The first kappa shape index (κ1) is 11.1. The molecule has 0 bridgehead atoms. The molecule has 0 radical (unpaired) electrons. The van der Waals surface area contributed by atoms with Crippen LogP contribution in [0.5, 0.6) is 0 Å². The summed E-state index contributed by atoms with van der Waals surface area (Å²) in [5, 5.41) is 6.17. The van der Waals surface area contributed by atoms with E-state index in [9.17, 15) is 9.18 Å². The fourth-order valence-corrected chi connectivity index (χ4v) is 1.60. The van der Waals surface area contributed by atoms with Crippen LogP contribution in [0.3, 0.4) is 0 Å². The largest absolute Gasteiger partial charge is 0.381 e. The van der Waals surface area contributed by atoms with Crippen LogP contribution in [-0.4, -0.2) is 30.8 Å². The lowest BCUT2D eigenvalue weighted by Gasteiger charge is -2.08. The normalized spacial score (nSPS) is 19.9. The molecule has 16 heavy (non-hydrogen) atoms. The number of hydrogen-bond donors (Lipinski definition) is 1. The zero-order valence-corrected chi connectivity index (χ0v) is 8.74. The fourth-order valence-electron chi connectivity index (χ4n) is 1.60. The fraction of sp³-hybridized carbons (Fsp3) is 0.600. The Kier molecular flexibility index (Phi) is 3.51. The minimum absolute atomic E-state index is 0.0291. The SMILES string of the molecule is O=C(NCC1CCOC1)c1nocc1CF. The predicted molar refractivity (Wildman–Crippen MR) is 52.6 cm³/mol. The Hall–Kier alpha value is -1.43. The highest BCUT2D eigenvalue weighted by Gasteiger charge is 2.19. The van der Waals surface area contributed by atoms with E-state index in [0.717, 1.165) is 19.3 Å². The Bertz CT molecular complexity index is 361. The average Bonchev–Trinajstić information content (AvgIpc) is 2.96. The molecule has 1 amide bonds. The molecule has 1 aliphatic rings. The van der Waals surface area contributed by atoms with Gasteiger partial charge in [-0.2, -0.15) is 0 Å². The van der Waals surface area contributed by atoms with E-state index in [-0.39, 0.29) is 11.3 Å². The van der Waals surface area contributed by atoms with E-state index in [2.05, 4.69) is 15.0 Å². The highest BCUT2D eigenvalue weighted by Crippen LogP contribution is 2.12. The van der Waals surface area contributed by atoms with Gasteiger partial charge in [-0.05, 0) is 6.42 Å². The smallest absolute Gasteiger partial charge is 0.273 e. The van der Waals surface area contributed by atoms with Gasteiger partial charge < -0.3 is 14.6 Å². The number of nitrogens with zero attached hydrogens (tertiary/aromatic N) is 1. The number of carbonyl (C=O) groups excluding carboxylic acids is 1. The monoisotopic (exact) mass is 228 g/mol. The highest BCUT2D eigenvalue weighted by atomic mass is 19.1. The summed E-state index contributed by atoms with van der Waals surface area (Å²) in [5.41, 5.74) is 0.210. The molecule has 1 unspecified atom stereocenters. The van der Waals surface area contributed by atoms with Crippen molar-refractivity contribution in [2.24, 2.45) is 5.92 Å².